The Balaban J connectivity index is 1.79. The van der Waals surface area contributed by atoms with E-state index < -0.39 is 0 Å². The standard InChI is InChI=1S/C31H30N2O4/c1-5-24-29(31(34)32-6-2)33-37-30(24)26-17-25(21(3)4)27(35-19-22-13-9-7-10-14-22)18-28(26)36-20-23-15-11-8-12-16-23/h1,7-18,21H,6,19-20H2,2-4H3,(H,32,34). The number of terminal acetylenes is 1. The smallest absolute Gasteiger partial charge is 0.274 e. The third-order valence-corrected chi connectivity index (χ3v) is 5.84. The van der Waals surface area contributed by atoms with Crippen LogP contribution < -0.4 is 14.8 Å². The van der Waals surface area contributed by atoms with Crippen LogP contribution in [0.2, 0.25) is 0 Å². The van der Waals surface area contributed by atoms with E-state index in [0.29, 0.717) is 42.6 Å². The third kappa shape index (κ3) is 6.02. The first kappa shape index (κ1) is 25.6. The van der Waals surface area contributed by atoms with Gasteiger partial charge >= 0.3 is 0 Å². The summed E-state index contributed by atoms with van der Waals surface area (Å²) in [7, 11) is 0. The fraction of sp³-hybridized carbons (Fsp3) is 0.226. The van der Waals surface area contributed by atoms with Gasteiger partial charge < -0.3 is 19.3 Å². The molecular weight excluding hydrogens is 464 g/mol. The van der Waals surface area contributed by atoms with E-state index in [1.165, 1.54) is 0 Å². The number of benzene rings is 3. The van der Waals surface area contributed by atoms with E-state index in [4.69, 9.17) is 20.4 Å². The minimum absolute atomic E-state index is 0.0730. The number of hydrogen-bond donors (Lipinski definition) is 1. The highest BCUT2D eigenvalue weighted by Gasteiger charge is 2.26. The molecule has 0 atom stereocenters. The third-order valence-electron chi connectivity index (χ3n) is 5.84. The largest absolute Gasteiger partial charge is 0.488 e. The van der Waals surface area contributed by atoms with Gasteiger partial charge in [-0.25, -0.2) is 0 Å². The highest BCUT2D eigenvalue weighted by atomic mass is 16.5. The molecule has 0 saturated carbocycles. The van der Waals surface area contributed by atoms with Crippen molar-refractivity contribution >= 4 is 5.91 Å². The lowest BCUT2D eigenvalue weighted by atomic mass is 9.96. The molecule has 1 N–H and O–H groups in total. The Labute approximate surface area is 217 Å². The zero-order valence-electron chi connectivity index (χ0n) is 21.3. The zero-order chi connectivity index (χ0) is 26.2. The van der Waals surface area contributed by atoms with E-state index in [0.717, 1.165) is 16.7 Å². The first-order valence-electron chi connectivity index (χ1n) is 12.3. The Morgan fingerprint density at radius 1 is 0.973 bits per heavy atom. The lowest BCUT2D eigenvalue weighted by Crippen LogP contribution is -2.23. The van der Waals surface area contributed by atoms with Crippen LogP contribution in [-0.4, -0.2) is 17.6 Å². The molecule has 4 aromatic rings. The molecule has 0 spiro atoms. The second-order valence-electron chi connectivity index (χ2n) is 8.83. The molecule has 0 aliphatic rings. The van der Waals surface area contributed by atoms with Gasteiger partial charge in [-0.05, 0) is 35.6 Å². The van der Waals surface area contributed by atoms with Crippen molar-refractivity contribution in [3.8, 4) is 35.2 Å². The van der Waals surface area contributed by atoms with Gasteiger partial charge in [0.1, 0.15) is 30.3 Å². The van der Waals surface area contributed by atoms with Crippen LogP contribution in [-0.2, 0) is 13.2 Å². The molecule has 37 heavy (non-hydrogen) atoms. The van der Waals surface area contributed by atoms with Gasteiger partial charge in [0.25, 0.3) is 5.91 Å². The molecule has 1 aromatic heterocycles. The van der Waals surface area contributed by atoms with Crippen molar-refractivity contribution in [3.05, 3.63) is 101 Å². The summed E-state index contributed by atoms with van der Waals surface area (Å²) < 4.78 is 18.2. The van der Waals surface area contributed by atoms with Gasteiger partial charge in [0.05, 0.1) is 5.56 Å². The van der Waals surface area contributed by atoms with Crippen molar-refractivity contribution in [2.24, 2.45) is 0 Å². The number of aromatic nitrogens is 1. The summed E-state index contributed by atoms with van der Waals surface area (Å²) in [6.07, 6.45) is 5.83. The SMILES string of the molecule is C#Cc1c(C(=O)NCC)noc1-c1cc(C(C)C)c(OCc2ccccc2)cc1OCc1ccccc1. The van der Waals surface area contributed by atoms with Crippen LogP contribution in [0.25, 0.3) is 11.3 Å². The van der Waals surface area contributed by atoms with Gasteiger partial charge in [-0.15, -0.1) is 6.42 Å². The van der Waals surface area contributed by atoms with E-state index >= 15 is 0 Å². The van der Waals surface area contributed by atoms with E-state index in [1.54, 1.807) is 0 Å². The van der Waals surface area contributed by atoms with Crippen LogP contribution in [0.15, 0.2) is 77.3 Å². The Kier molecular flexibility index (Phi) is 8.27. The van der Waals surface area contributed by atoms with Gasteiger partial charge in [-0.3, -0.25) is 4.79 Å². The second kappa shape index (κ2) is 12.0. The number of hydrogen-bond acceptors (Lipinski definition) is 5. The van der Waals surface area contributed by atoms with Crippen LogP contribution in [0.5, 0.6) is 11.5 Å². The maximum atomic E-state index is 12.5. The molecule has 6 heteroatoms. The highest BCUT2D eigenvalue weighted by Crippen LogP contribution is 2.41. The lowest BCUT2D eigenvalue weighted by molar-refractivity contribution is 0.0946. The quantitative estimate of drug-likeness (QED) is 0.260. The highest BCUT2D eigenvalue weighted by molar-refractivity contribution is 5.96. The lowest BCUT2D eigenvalue weighted by Gasteiger charge is -2.19. The fourth-order valence-corrected chi connectivity index (χ4v) is 3.93. The molecule has 3 aromatic carbocycles. The Morgan fingerprint density at radius 2 is 1.57 bits per heavy atom. The Morgan fingerprint density at radius 3 is 2.11 bits per heavy atom. The first-order chi connectivity index (χ1) is 18.0. The molecule has 0 fully saturated rings. The molecule has 4 rings (SSSR count). The first-order valence-corrected chi connectivity index (χ1v) is 12.3. The summed E-state index contributed by atoms with van der Waals surface area (Å²) in [6.45, 7) is 7.19. The zero-order valence-corrected chi connectivity index (χ0v) is 21.3. The molecule has 0 aliphatic heterocycles. The van der Waals surface area contributed by atoms with Crippen molar-refractivity contribution < 1.29 is 18.8 Å². The number of amides is 1. The molecule has 6 nitrogen and oxygen atoms in total. The number of nitrogens with one attached hydrogen (secondary N) is 1. The van der Waals surface area contributed by atoms with Crippen molar-refractivity contribution in [1.29, 1.82) is 0 Å². The Bertz CT molecular complexity index is 1390. The summed E-state index contributed by atoms with van der Waals surface area (Å²) in [6, 6.07) is 23.7. The summed E-state index contributed by atoms with van der Waals surface area (Å²) >= 11 is 0. The second-order valence-corrected chi connectivity index (χ2v) is 8.83. The normalized spacial score (nSPS) is 10.7. The summed E-state index contributed by atoms with van der Waals surface area (Å²) in [4.78, 5) is 12.5. The number of carbonyl (C=O) groups is 1. The van der Waals surface area contributed by atoms with E-state index in [9.17, 15) is 4.79 Å². The molecule has 0 radical (unpaired) electrons. The molecule has 1 amide bonds. The fourth-order valence-electron chi connectivity index (χ4n) is 3.93. The number of carbonyl (C=O) groups excluding carboxylic acids is 1. The average Bonchev–Trinajstić information content (AvgIpc) is 3.36. The van der Waals surface area contributed by atoms with Gasteiger partial charge in [0, 0.05) is 12.6 Å². The molecule has 0 unspecified atom stereocenters. The number of rotatable bonds is 10. The number of ether oxygens (including phenoxy) is 2. The van der Waals surface area contributed by atoms with Gasteiger partial charge in [0.2, 0.25) is 0 Å². The maximum absolute atomic E-state index is 12.5. The summed E-state index contributed by atoms with van der Waals surface area (Å²) in [5, 5.41) is 6.72. The van der Waals surface area contributed by atoms with Crippen LogP contribution in [0.3, 0.4) is 0 Å². The van der Waals surface area contributed by atoms with Crippen LogP contribution in [0.1, 0.15) is 59.4 Å². The number of nitrogens with zero attached hydrogens (tertiary/aromatic N) is 1. The predicted molar refractivity (Wildman–Crippen MR) is 144 cm³/mol. The molecule has 1 heterocycles. The molecule has 188 valence electrons. The van der Waals surface area contributed by atoms with Gasteiger partial charge in [-0.1, -0.05) is 85.6 Å². The topological polar surface area (TPSA) is 73.6 Å². The Hall–Kier alpha value is -4.50. The van der Waals surface area contributed by atoms with Crippen molar-refractivity contribution in [2.75, 3.05) is 6.54 Å². The molecular formula is C31H30N2O4. The minimum Gasteiger partial charge on any atom is -0.488 e. The van der Waals surface area contributed by atoms with Crippen molar-refractivity contribution in [3.63, 3.8) is 0 Å². The molecule has 0 bridgehead atoms. The minimum atomic E-state index is -0.385. The monoisotopic (exact) mass is 494 g/mol. The van der Waals surface area contributed by atoms with Crippen molar-refractivity contribution in [2.45, 2.75) is 39.9 Å². The summed E-state index contributed by atoms with van der Waals surface area (Å²) in [5.41, 5.74) is 3.99. The van der Waals surface area contributed by atoms with Crippen molar-refractivity contribution in [1.82, 2.24) is 10.5 Å². The summed E-state index contributed by atoms with van der Waals surface area (Å²) in [5.74, 6) is 3.87. The van der Waals surface area contributed by atoms with Crippen LogP contribution in [0, 0.1) is 12.3 Å². The molecule has 0 saturated heterocycles. The van der Waals surface area contributed by atoms with Crippen LogP contribution >= 0.6 is 0 Å². The van der Waals surface area contributed by atoms with Gasteiger partial charge in [-0.2, -0.15) is 0 Å². The van der Waals surface area contributed by atoms with E-state index in [1.807, 2.05) is 79.7 Å². The average molecular weight is 495 g/mol. The molecule has 0 aliphatic carbocycles. The van der Waals surface area contributed by atoms with E-state index in [2.05, 4.69) is 30.2 Å². The van der Waals surface area contributed by atoms with Crippen LogP contribution in [0.4, 0.5) is 0 Å². The van der Waals surface area contributed by atoms with Gasteiger partial charge in [0.15, 0.2) is 11.5 Å². The maximum Gasteiger partial charge on any atom is 0.274 e. The van der Waals surface area contributed by atoms with E-state index in [-0.39, 0.29) is 23.1 Å². The predicted octanol–water partition coefficient (Wildman–Crippen LogP) is 6.35.